The highest BCUT2D eigenvalue weighted by Gasteiger charge is 2.33. The lowest BCUT2D eigenvalue weighted by Crippen LogP contribution is -2.43. The Balaban J connectivity index is 2.13. The van der Waals surface area contributed by atoms with Crippen LogP contribution in [0, 0.1) is 5.41 Å². The molecule has 1 aliphatic rings. The molecule has 0 radical (unpaired) electrons. The molecular weight excluding hydrogens is 318 g/mol. The minimum absolute atomic E-state index is 0.0864. The first-order valence-electron chi connectivity index (χ1n) is 7.05. The SMILES string of the molecule is CC(C)(C)C(=O)OC1CNCCC1c1ccc(Br)cc1. The van der Waals surface area contributed by atoms with Gasteiger partial charge in [0, 0.05) is 16.9 Å². The van der Waals surface area contributed by atoms with Crippen LogP contribution in [-0.2, 0) is 9.53 Å². The van der Waals surface area contributed by atoms with E-state index in [0.29, 0.717) is 0 Å². The Morgan fingerprint density at radius 2 is 1.95 bits per heavy atom. The molecular formula is C16H22BrNO2. The molecule has 0 amide bonds. The highest BCUT2D eigenvalue weighted by molar-refractivity contribution is 9.10. The summed E-state index contributed by atoms with van der Waals surface area (Å²) in [6.07, 6.45) is 0.903. The summed E-state index contributed by atoms with van der Waals surface area (Å²) in [7, 11) is 0. The number of rotatable bonds is 2. The van der Waals surface area contributed by atoms with Crippen molar-refractivity contribution in [1.82, 2.24) is 5.32 Å². The number of halogens is 1. The molecule has 1 saturated heterocycles. The van der Waals surface area contributed by atoms with Gasteiger partial charge in [-0.15, -0.1) is 0 Å². The van der Waals surface area contributed by atoms with Crippen LogP contribution >= 0.6 is 15.9 Å². The van der Waals surface area contributed by atoms with E-state index in [-0.39, 0.29) is 18.0 Å². The smallest absolute Gasteiger partial charge is 0.311 e. The molecule has 2 atom stereocenters. The monoisotopic (exact) mass is 339 g/mol. The first kappa shape index (κ1) is 15.5. The molecule has 0 bridgehead atoms. The Labute approximate surface area is 129 Å². The topological polar surface area (TPSA) is 38.3 Å². The van der Waals surface area contributed by atoms with Crippen molar-refractivity contribution >= 4 is 21.9 Å². The van der Waals surface area contributed by atoms with E-state index in [9.17, 15) is 4.79 Å². The van der Waals surface area contributed by atoms with Crippen LogP contribution in [0.15, 0.2) is 28.7 Å². The molecule has 20 heavy (non-hydrogen) atoms. The molecule has 1 aliphatic heterocycles. The van der Waals surface area contributed by atoms with E-state index in [4.69, 9.17) is 4.74 Å². The number of carbonyl (C=O) groups is 1. The van der Waals surface area contributed by atoms with Crippen molar-refractivity contribution in [3.8, 4) is 0 Å². The maximum atomic E-state index is 12.1. The molecule has 1 aromatic carbocycles. The number of carbonyl (C=O) groups excluding carboxylic acids is 1. The summed E-state index contributed by atoms with van der Waals surface area (Å²) in [5, 5.41) is 3.32. The fraction of sp³-hybridized carbons (Fsp3) is 0.562. The predicted octanol–water partition coefficient (Wildman–Crippen LogP) is 3.48. The molecule has 110 valence electrons. The van der Waals surface area contributed by atoms with E-state index < -0.39 is 5.41 Å². The van der Waals surface area contributed by atoms with Crippen LogP contribution < -0.4 is 5.32 Å². The quantitative estimate of drug-likeness (QED) is 0.838. The van der Waals surface area contributed by atoms with Crippen molar-refractivity contribution in [3.63, 3.8) is 0 Å². The van der Waals surface area contributed by atoms with Crippen LogP contribution in [0.2, 0.25) is 0 Å². The van der Waals surface area contributed by atoms with Gasteiger partial charge in [-0.1, -0.05) is 28.1 Å². The van der Waals surface area contributed by atoms with E-state index >= 15 is 0 Å². The molecule has 0 aromatic heterocycles. The molecule has 1 fully saturated rings. The lowest BCUT2D eigenvalue weighted by molar-refractivity contribution is -0.160. The molecule has 2 rings (SSSR count). The van der Waals surface area contributed by atoms with Gasteiger partial charge < -0.3 is 10.1 Å². The van der Waals surface area contributed by atoms with Crippen LogP contribution in [0.25, 0.3) is 0 Å². The second kappa shape index (κ2) is 6.27. The van der Waals surface area contributed by atoms with Crippen LogP contribution in [-0.4, -0.2) is 25.2 Å². The molecule has 0 aliphatic carbocycles. The van der Waals surface area contributed by atoms with Gasteiger partial charge >= 0.3 is 5.97 Å². The first-order valence-corrected chi connectivity index (χ1v) is 7.84. The van der Waals surface area contributed by atoms with Crippen molar-refractivity contribution in [1.29, 1.82) is 0 Å². The summed E-state index contributed by atoms with van der Waals surface area (Å²) in [6.45, 7) is 7.35. The van der Waals surface area contributed by atoms with Crippen molar-refractivity contribution in [2.24, 2.45) is 5.41 Å². The fourth-order valence-electron chi connectivity index (χ4n) is 2.36. The largest absolute Gasteiger partial charge is 0.460 e. The van der Waals surface area contributed by atoms with Crippen LogP contribution in [0.5, 0.6) is 0 Å². The third-order valence-electron chi connectivity index (χ3n) is 3.60. The molecule has 2 unspecified atom stereocenters. The van der Waals surface area contributed by atoms with Crippen molar-refractivity contribution in [3.05, 3.63) is 34.3 Å². The van der Waals surface area contributed by atoms with Crippen molar-refractivity contribution in [2.75, 3.05) is 13.1 Å². The zero-order valence-electron chi connectivity index (χ0n) is 12.3. The highest BCUT2D eigenvalue weighted by atomic mass is 79.9. The summed E-state index contributed by atoms with van der Waals surface area (Å²) in [4.78, 5) is 12.1. The van der Waals surface area contributed by atoms with Gasteiger partial charge in [-0.05, 0) is 51.4 Å². The second-order valence-electron chi connectivity index (χ2n) is 6.34. The Morgan fingerprint density at radius 1 is 1.30 bits per heavy atom. The summed E-state index contributed by atoms with van der Waals surface area (Å²) in [5.41, 5.74) is 0.781. The lowest BCUT2D eigenvalue weighted by atomic mass is 9.87. The average molecular weight is 340 g/mol. The summed E-state index contributed by atoms with van der Waals surface area (Å²) in [5.74, 6) is 0.143. The minimum atomic E-state index is -0.457. The van der Waals surface area contributed by atoms with Crippen LogP contribution in [0.1, 0.15) is 38.7 Å². The minimum Gasteiger partial charge on any atom is -0.460 e. The van der Waals surface area contributed by atoms with Gasteiger partial charge in [0.05, 0.1) is 5.41 Å². The van der Waals surface area contributed by atoms with Gasteiger partial charge in [-0.2, -0.15) is 0 Å². The van der Waals surface area contributed by atoms with E-state index in [2.05, 4.69) is 33.4 Å². The number of benzene rings is 1. The summed E-state index contributed by atoms with van der Waals surface area (Å²) < 4.78 is 6.81. The molecule has 0 saturated carbocycles. The van der Waals surface area contributed by atoms with Gasteiger partial charge in [0.25, 0.3) is 0 Å². The molecule has 0 spiro atoms. The Bertz CT molecular complexity index is 464. The van der Waals surface area contributed by atoms with Gasteiger partial charge in [0.1, 0.15) is 6.10 Å². The third-order valence-corrected chi connectivity index (χ3v) is 4.12. The number of piperidine rings is 1. The molecule has 1 aromatic rings. The molecule has 1 N–H and O–H groups in total. The van der Waals surface area contributed by atoms with Crippen LogP contribution in [0.3, 0.4) is 0 Å². The van der Waals surface area contributed by atoms with Gasteiger partial charge in [-0.3, -0.25) is 4.79 Å². The predicted molar refractivity (Wildman–Crippen MR) is 83.7 cm³/mol. The Kier molecular flexibility index (Phi) is 4.86. The normalized spacial score (nSPS) is 23.4. The number of hydrogen-bond donors (Lipinski definition) is 1. The first-order chi connectivity index (χ1) is 9.38. The number of nitrogens with one attached hydrogen (secondary N) is 1. The third kappa shape index (κ3) is 3.83. The number of ether oxygens (including phenoxy) is 1. The zero-order chi connectivity index (χ0) is 14.8. The summed E-state index contributed by atoms with van der Waals surface area (Å²) in [6, 6.07) is 8.30. The maximum Gasteiger partial charge on any atom is 0.311 e. The van der Waals surface area contributed by atoms with Crippen molar-refractivity contribution < 1.29 is 9.53 Å². The van der Waals surface area contributed by atoms with Crippen molar-refractivity contribution in [2.45, 2.75) is 39.2 Å². The molecule has 3 nitrogen and oxygen atoms in total. The summed E-state index contributed by atoms with van der Waals surface area (Å²) >= 11 is 3.45. The lowest BCUT2D eigenvalue weighted by Gasteiger charge is -2.33. The maximum absolute atomic E-state index is 12.1. The van der Waals surface area contributed by atoms with E-state index in [1.165, 1.54) is 5.56 Å². The Hall–Kier alpha value is -0.870. The van der Waals surface area contributed by atoms with Gasteiger partial charge in [-0.25, -0.2) is 0 Å². The Morgan fingerprint density at radius 3 is 2.55 bits per heavy atom. The van der Waals surface area contributed by atoms with Gasteiger partial charge in [0.2, 0.25) is 0 Å². The van der Waals surface area contributed by atoms with E-state index in [1.54, 1.807) is 0 Å². The molecule has 1 heterocycles. The second-order valence-corrected chi connectivity index (χ2v) is 7.26. The number of hydrogen-bond acceptors (Lipinski definition) is 3. The molecule has 4 heteroatoms. The van der Waals surface area contributed by atoms with Crippen LogP contribution in [0.4, 0.5) is 0 Å². The standard InChI is InChI=1S/C16H22BrNO2/c1-16(2,3)15(19)20-14-10-18-9-8-13(14)11-4-6-12(17)7-5-11/h4-7,13-14,18H,8-10H2,1-3H3. The average Bonchev–Trinajstić information content (AvgIpc) is 2.39. The van der Waals surface area contributed by atoms with Gasteiger partial charge in [0.15, 0.2) is 0 Å². The zero-order valence-corrected chi connectivity index (χ0v) is 13.9. The highest BCUT2D eigenvalue weighted by Crippen LogP contribution is 2.30. The van der Waals surface area contributed by atoms with E-state index in [0.717, 1.165) is 24.0 Å². The number of esters is 1. The fourth-order valence-corrected chi connectivity index (χ4v) is 2.62. The van der Waals surface area contributed by atoms with E-state index in [1.807, 2.05) is 32.9 Å².